The lowest BCUT2D eigenvalue weighted by atomic mass is 9.99. The first-order chi connectivity index (χ1) is 12.1. The molecule has 0 fully saturated rings. The Morgan fingerprint density at radius 3 is 1.31 bits per heavy atom. The molecule has 0 aliphatic carbocycles. The van der Waals surface area contributed by atoms with Gasteiger partial charge in [-0.25, -0.2) is 0 Å². The first-order valence-electron chi connectivity index (χ1n) is 8.73. The predicted molar refractivity (Wildman–Crippen MR) is 119 cm³/mol. The Kier molecular flexibility index (Phi) is 3.97. The Labute approximate surface area is 164 Å². The van der Waals surface area contributed by atoms with E-state index in [1.54, 1.807) is 0 Å². The molecule has 26 heavy (non-hydrogen) atoms. The van der Waals surface area contributed by atoms with Crippen LogP contribution in [0, 0.1) is 0 Å². The van der Waals surface area contributed by atoms with E-state index in [0.717, 1.165) is 44.0 Å². The Morgan fingerprint density at radius 2 is 0.923 bits per heavy atom. The molecule has 0 bridgehead atoms. The molecule has 0 amide bonds. The Hall–Kier alpha value is -1.78. The molecular formula is C22H22N2S2. The molecular weight excluding hydrogens is 356 g/mol. The van der Waals surface area contributed by atoms with Gasteiger partial charge in [0.2, 0.25) is 0 Å². The zero-order valence-electron chi connectivity index (χ0n) is 15.4. The standard InChI is InChI=1S/C22H22N2S2/c1-21(2,25)16-11-9-14-7-5-13-6-8-15-10-12-17(22(3,4)26)24-20(15)18(13)19(14)23-16/h5-12,25-26H,1-4H3. The van der Waals surface area contributed by atoms with Gasteiger partial charge in [0.25, 0.3) is 0 Å². The third-order valence-corrected chi connectivity index (χ3v) is 5.21. The highest BCUT2D eigenvalue weighted by Crippen LogP contribution is 2.35. The highest BCUT2D eigenvalue weighted by molar-refractivity contribution is 7.81. The first kappa shape index (κ1) is 17.6. The summed E-state index contributed by atoms with van der Waals surface area (Å²) in [5.41, 5.74) is 3.88. The number of aromatic nitrogens is 2. The van der Waals surface area contributed by atoms with Crippen LogP contribution in [0.4, 0.5) is 0 Å². The van der Waals surface area contributed by atoms with Crippen molar-refractivity contribution in [3.05, 3.63) is 59.9 Å². The minimum Gasteiger partial charge on any atom is -0.251 e. The quantitative estimate of drug-likeness (QED) is 0.318. The fraction of sp³-hybridized carbons (Fsp3) is 0.273. The van der Waals surface area contributed by atoms with Crippen molar-refractivity contribution in [3.8, 4) is 0 Å². The fourth-order valence-electron chi connectivity index (χ4n) is 3.26. The van der Waals surface area contributed by atoms with Crippen molar-refractivity contribution in [2.45, 2.75) is 37.2 Å². The van der Waals surface area contributed by atoms with Gasteiger partial charge in [-0.2, -0.15) is 25.3 Å². The minimum atomic E-state index is -0.299. The van der Waals surface area contributed by atoms with E-state index in [4.69, 9.17) is 35.2 Å². The van der Waals surface area contributed by atoms with Crippen molar-refractivity contribution in [2.24, 2.45) is 0 Å². The second kappa shape index (κ2) is 5.86. The monoisotopic (exact) mass is 378 g/mol. The summed E-state index contributed by atoms with van der Waals surface area (Å²) in [7, 11) is 0. The molecule has 0 radical (unpaired) electrons. The van der Waals surface area contributed by atoms with Crippen molar-refractivity contribution in [1.82, 2.24) is 9.97 Å². The molecule has 4 heteroatoms. The van der Waals surface area contributed by atoms with E-state index in [2.05, 4.69) is 76.2 Å². The molecule has 4 rings (SSSR count). The van der Waals surface area contributed by atoms with E-state index in [0.29, 0.717) is 0 Å². The number of pyridine rings is 2. The van der Waals surface area contributed by atoms with E-state index in [-0.39, 0.29) is 9.49 Å². The van der Waals surface area contributed by atoms with Crippen molar-refractivity contribution in [2.75, 3.05) is 0 Å². The molecule has 0 N–H and O–H groups in total. The Morgan fingerprint density at radius 1 is 0.577 bits per heavy atom. The normalized spacial score (nSPS) is 13.0. The summed E-state index contributed by atoms with van der Waals surface area (Å²) in [6.45, 7) is 8.25. The van der Waals surface area contributed by atoms with Crippen LogP contribution < -0.4 is 0 Å². The summed E-state index contributed by atoms with van der Waals surface area (Å²) in [6, 6.07) is 16.9. The van der Waals surface area contributed by atoms with E-state index in [1.807, 2.05) is 0 Å². The van der Waals surface area contributed by atoms with Crippen LogP contribution in [0.1, 0.15) is 39.1 Å². The smallest absolute Gasteiger partial charge is 0.0806 e. The number of benzene rings is 2. The summed E-state index contributed by atoms with van der Waals surface area (Å²) in [4.78, 5) is 9.96. The van der Waals surface area contributed by atoms with Crippen LogP contribution in [0.3, 0.4) is 0 Å². The first-order valence-corrected chi connectivity index (χ1v) is 9.63. The van der Waals surface area contributed by atoms with Crippen LogP contribution in [0.2, 0.25) is 0 Å². The number of nitrogens with zero attached hydrogens (tertiary/aromatic N) is 2. The minimum absolute atomic E-state index is 0.299. The van der Waals surface area contributed by atoms with E-state index in [1.165, 1.54) is 0 Å². The van der Waals surface area contributed by atoms with Gasteiger partial charge in [-0.3, -0.25) is 9.97 Å². The lowest BCUT2D eigenvalue weighted by Crippen LogP contribution is -2.11. The van der Waals surface area contributed by atoms with E-state index >= 15 is 0 Å². The third kappa shape index (κ3) is 2.95. The van der Waals surface area contributed by atoms with Gasteiger partial charge in [-0.15, -0.1) is 0 Å². The summed E-state index contributed by atoms with van der Waals surface area (Å²) < 4.78 is -0.598. The molecule has 2 aromatic heterocycles. The van der Waals surface area contributed by atoms with Crippen molar-refractivity contribution in [1.29, 1.82) is 0 Å². The highest BCUT2D eigenvalue weighted by atomic mass is 32.1. The molecule has 2 heterocycles. The van der Waals surface area contributed by atoms with Crippen LogP contribution in [-0.4, -0.2) is 9.97 Å². The van der Waals surface area contributed by atoms with Crippen LogP contribution in [0.25, 0.3) is 32.6 Å². The zero-order valence-corrected chi connectivity index (χ0v) is 17.2. The molecule has 2 aromatic carbocycles. The van der Waals surface area contributed by atoms with Crippen molar-refractivity contribution < 1.29 is 0 Å². The van der Waals surface area contributed by atoms with Gasteiger partial charge in [0.05, 0.1) is 22.4 Å². The maximum absolute atomic E-state index is 4.98. The molecule has 0 aliphatic heterocycles. The number of thiol groups is 2. The van der Waals surface area contributed by atoms with Gasteiger partial charge in [0.1, 0.15) is 0 Å². The molecule has 132 valence electrons. The van der Waals surface area contributed by atoms with Gasteiger partial charge in [-0.1, -0.05) is 36.4 Å². The molecule has 0 saturated carbocycles. The summed E-state index contributed by atoms with van der Waals surface area (Å²) in [6.07, 6.45) is 0. The lowest BCUT2D eigenvalue weighted by molar-refractivity contribution is 0.760. The Bertz CT molecular complexity index is 1060. The molecule has 0 unspecified atom stereocenters. The summed E-state index contributed by atoms with van der Waals surface area (Å²) in [5.74, 6) is 0. The van der Waals surface area contributed by atoms with Gasteiger partial charge >= 0.3 is 0 Å². The molecule has 0 atom stereocenters. The van der Waals surface area contributed by atoms with Crippen molar-refractivity contribution in [3.63, 3.8) is 0 Å². The maximum Gasteiger partial charge on any atom is 0.0806 e. The number of hydrogen-bond donors (Lipinski definition) is 2. The topological polar surface area (TPSA) is 25.8 Å². The average Bonchev–Trinajstić information content (AvgIpc) is 2.58. The van der Waals surface area contributed by atoms with Gasteiger partial charge in [-0.05, 0) is 45.2 Å². The largest absolute Gasteiger partial charge is 0.251 e. The molecule has 0 saturated heterocycles. The number of hydrogen-bond acceptors (Lipinski definition) is 4. The average molecular weight is 379 g/mol. The second-order valence-electron chi connectivity index (χ2n) is 7.88. The number of rotatable bonds is 2. The third-order valence-electron chi connectivity index (χ3n) is 4.75. The van der Waals surface area contributed by atoms with Gasteiger partial charge < -0.3 is 0 Å². The lowest BCUT2D eigenvalue weighted by Gasteiger charge is -2.19. The van der Waals surface area contributed by atoms with Gasteiger partial charge in [0, 0.05) is 25.7 Å². The number of fused-ring (bicyclic) bond motifs is 5. The van der Waals surface area contributed by atoms with E-state index in [9.17, 15) is 0 Å². The summed E-state index contributed by atoms with van der Waals surface area (Å²) >= 11 is 9.41. The van der Waals surface area contributed by atoms with Crippen LogP contribution >= 0.6 is 25.3 Å². The predicted octanol–water partition coefficient (Wildman–Crippen LogP) is 6.27. The second-order valence-corrected chi connectivity index (χ2v) is 10.1. The highest BCUT2D eigenvalue weighted by Gasteiger charge is 2.20. The SMILES string of the molecule is CC(C)(S)c1ccc2ccc3ccc4ccc(C(C)(C)S)nc4c3c2n1. The molecule has 0 aliphatic rings. The molecule has 2 nitrogen and oxygen atoms in total. The summed E-state index contributed by atoms with van der Waals surface area (Å²) in [5, 5.41) is 4.47. The van der Waals surface area contributed by atoms with Crippen molar-refractivity contribution >= 4 is 57.8 Å². The fourth-order valence-corrected chi connectivity index (χ4v) is 3.51. The zero-order chi connectivity index (χ0) is 18.7. The Balaban J connectivity index is 2.18. The molecule has 4 aromatic rings. The van der Waals surface area contributed by atoms with Gasteiger partial charge in [0.15, 0.2) is 0 Å². The maximum atomic E-state index is 4.98. The van der Waals surface area contributed by atoms with Crippen LogP contribution in [0.5, 0.6) is 0 Å². The van der Waals surface area contributed by atoms with Crippen LogP contribution in [-0.2, 0) is 9.49 Å². The molecule has 0 spiro atoms. The van der Waals surface area contributed by atoms with Crippen LogP contribution in [0.15, 0.2) is 48.5 Å². The van der Waals surface area contributed by atoms with E-state index < -0.39 is 0 Å².